The second-order valence-electron chi connectivity index (χ2n) is 7.69. The predicted octanol–water partition coefficient (Wildman–Crippen LogP) is 3.24. The standard InChI is InChI=1S/C19H20FN3O2/c20-15-3-1-2-13(8-15)17-21-18(25-22-17)14-9-23(10-14)19(24)16-7-11-4-5-12(16)6-11/h1-3,8,11-12,14,16H,4-7,9-10H2/t11-,12+,16-/m1/s1. The lowest BCUT2D eigenvalue weighted by Gasteiger charge is -2.40. The summed E-state index contributed by atoms with van der Waals surface area (Å²) in [6.45, 7) is 1.30. The number of carbonyl (C=O) groups is 1. The number of benzene rings is 1. The van der Waals surface area contributed by atoms with Crippen LogP contribution < -0.4 is 0 Å². The third-order valence-corrected chi connectivity index (χ3v) is 6.12. The molecule has 0 radical (unpaired) electrons. The van der Waals surface area contributed by atoms with E-state index in [2.05, 4.69) is 10.1 Å². The molecule has 5 rings (SSSR count). The van der Waals surface area contributed by atoms with Crippen LogP contribution in [0.3, 0.4) is 0 Å². The average molecular weight is 341 g/mol. The molecular weight excluding hydrogens is 321 g/mol. The van der Waals surface area contributed by atoms with Crippen molar-refractivity contribution in [3.8, 4) is 11.4 Å². The molecule has 130 valence electrons. The van der Waals surface area contributed by atoms with Crippen LogP contribution in [-0.2, 0) is 4.79 Å². The number of carbonyl (C=O) groups excluding carboxylic acids is 1. The quantitative estimate of drug-likeness (QED) is 0.860. The number of likely N-dealkylation sites (tertiary alicyclic amines) is 1. The first-order valence-corrected chi connectivity index (χ1v) is 9.05. The maximum Gasteiger partial charge on any atom is 0.233 e. The molecule has 1 amide bonds. The molecule has 0 spiro atoms. The summed E-state index contributed by atoms with van der Waals surface area (Å²) in [6, 6.07) is 6.15. The SMILES string of the molecule is O=C([C@@H]1C[C@@H]2CC[C@H]1C2)N1CC(c2nc(-c3cccc(F)c3)no2)C1. The zero-order valence-corrected chi connectivity index (χ0v) is 13.9. The van der Waals surface area contributed by atoms with Gasteiger partial charge in [0.15, 0.2) is 0 Å². The number of hydrogen-bond acceptors (Lipinski definition) is 4. The summed E-state index contributed by atoms with van der Waals surface area (Å²) in [7, 11) is 0. The van der Waals surface area contributed by atoms with Crippen molar-refractivity contribution in [3.05, 3.63) is 36.0 Å². The molecule has 2 aromatic rings. The van der Waals surface area contributed by atoms with Gasteiger partial charge in [-0.2, -0.15) is 4.98 Å². The minimum atomic E-state index is -0.324. The molecule has 1 aromatic carbocycles. The Kier molecular flexibility index (Phi) is 3.40. The summed E-state index contributed by atoms with van der Waals surface area (Å²) in [5.74, 6) is 2.65. The molecule has 6 heteroatoms. The Morgan fingerprint density at radius 3 is 2.84 bits per heavy atom. The van der Waals surface area contributed by atoms with Crippen molar-refractivity contribution in [2.24, 2.45) is 17.8 Å². The third kappa shape index (κ3) is 2.55. The maximum absolute atomic E-state index is 13.3. The van der Waals surface area contributed by atoms with Gasteiger partial charge in [-0.25, -0.2) is 4.39 Å². The van der Waals surface area contributed by atoms with Gasteiger partial charge in [0, 0.05) is 24.6 Å². The number of fused-ring (bicyclic) bond motifs is 2. The van der Waals surface area contributed by atoms with Crippen LogP contribution >= 0.6 is 0 Å². The molecule has 2 heterocycles. The fourth-order valence-corrected chi connectivity index (χ4v) is 4.74. The van der Waals surface area contributed by atoms with Crippen molar-refractivity contribution >= 4 is 5.91 Å². The Hall–Kier alpha value is -2.24. The fourth-order valence-electron chi connectivity index (χ4n) is 4.74. The fraction of sp³-hybridized carbons (Fsp3) is 0.526. The molecule has 3 atom stereocenters. The maximum atomic E-state index is 13.3. The number of aromatic nitrogens is 2. The van der Waals surface area contributed by atoms with E-state index in [-0.39, 0.29) is 17.7 Å². The molecule has 25 heavy (non-hydrogen) atoms. The Morgan fingerprint density at radius 1 is 1.24 bits per heavy atom. The molecule has 2 aliphatic carbocycles. The molecule has 2 bridgehead atoms. The molecule has 3 fully saturated rings. The number of amides is 1. The van der Waals surface area contributed by atoms with Gasteiger partial charge in [-0.05, 0) is 43.2 Å². The van der Waals surface area contributed by atoms with E-state index in [0.29, 0.717) is 42.2 Å². The van der Waals surface area contributed by atoms with Crippen LogP contribution in [0.15, 0.2) is 28.8 Å². The van der Waals surface area contributed by atoms with Crippen molar-refractivity contribution < 1.29 is 13.7 Å². The van der Waals surface area contributed by atoms with Crippen molar-refractivity contribution in [2.75, 3.05) is 13.1 Å². The lowest BCUT2D eigenvalue weighted by molar-refractivity contribution is -0.142. The molecular formula is C19H20FN3O2. The van der Waals surface area contributed by atoms with Crippen LogP contribution in [0.5, 0.6) is 0 Å². The summed E-state index contributed by atoms with van der Waals surface area (Å²) in [5, 5.41) is 3.95. The average Bonchev–Trinajstić information content (AvgIpc) is 3.30. The van der Waals surface area contributed by atoms with Crippen molar-refractivity contribution in [1.82, 2.24) is 15.0 Å². The molecule has 0 N–H and O–H groups in total. The predicted molar refractivity (Wildman–Crippen MR) is 88.0 cm³/mol. The van der Waals surface area contributed by atoms with Crippen LogP contribution in [-0.4, -0.2) is 34.0 Å². The Labute approximate surface area is 145 Å². The Bertz CT molecular complexity index is 815. The van der Waals surface area contributed by atoms with Crippen molar-refractivity contribution in [2.45, 2.75) is 31.6 Å². The van der Waals surface area contributed by atoms with E-state index < -0.39 is 0 Å². The molecule has 1 aliphatic heterocycles. The first-order valence-electron chi connectivity index (χ1n) is 9.05. The van der Waals surface area contributed by atoms with E-state index in [4.69, 9.17) is 4.52 Å². The second kappa shape index (κ2) is 5.64. The normalized spacial score (nSPS) is 28.4. The van der Waals surface area contributed by atoms with E-state index in [9.17, 15) is 9.18 Å². The van der Waals surface area contributed by atoms with Gasteiger partial charge in [-0.15, -0.1) is 0 Å². The minimum absolute atomic E-state index is 0.0948. The van der Waals surface area contributed by atoms with Gasteiger partial charge in [0.2, 0.25) is 17.6 Å². The number of halogens is 1. The first-order chi connectivity index (χ1) is 12.2. The first kappa shape index (κ1) is 15.0. The smallest absolute Gasteiger partial charge is 0.233 e. The van der Waals surface area contributed by atoms with Gasteiger partial charge >= 0.3 is 0 Å². The summed E-state index contributed by atoms with van der Waals surface area (Å²) >= 11 is 0. The summed E-state index contributed by atoms with van der Waals surface area (Å²) in [4.78, 5) is 19.0. The summed E-state index contributed by atoms with van der Waals surface area (Å²) < 4.78 is 18.7. The van der Waals surface area contributed by atoms with Gasteiger partial charge in [0.05, 0.1) is 5.92 Å². The van der Waals surface area contributed by atoms with Crippen molar-refractivity contribution in [1.29, 1.82) is 0 Å². The van der Waals surface area contributed by atoms with Gasteiger partial charge in [-0.3, -0.25) is 4.79 Å². The van der Waals surface area contributed by atoms with Crippen LogP contribution in [0.2, 0.25) is 0 Å². The van der Waals surface area contributed by atoms with E-state index in [1.165, 1.54) is 31.4 Å². The zero-order valence-electron chi connectivity index (χ0n) is 13.9. The highest BCUT2D eigenvalue weighted by Gasteiger charge is 2.47. The number of rotatable bonds is 3. The molecule has 1 aromatic heterocycles. The largest absolute Gasteiger partial charge is 0.341 e. The minimum Gasteiger partial charge on any atom is -0.341 e. The van der Waals surface area contributed by atoms with Crippen LogP contribution in [0, 0.1) is 23.6 Å². The topological polar surface area (TPSA) is 59.2 Å². The number of nitrogens with zero attached hydrogens (tertiary/aromatic N) is 3. The summed E-state index contributed by atoms with van der Waals surface area (Å²) in [6.07, 6.45) is 4.85. The monoisotopic (exact) mass is 341 g/mol. The lowest BCUT2D eigenvalue weighted by atomic mass is 9.86. The second-order valence-corrected chi connectivity index (χ2v) is 7.69. The van der Waals surface area contributed by atoms with Gasteiger partial charge in [-0.1, -0.05) is 23.7 Å². The van der Waals surface area contributed by atoms with E-state index in [1.807, 2.05) is 4.90 Å². The Balaban J connectivity index is 1.23. The van der Waals surface area contributed by atoms with Crippen LogP contribution in [0.4, 0.5) is 4.39 Å². The highest BCUT2D eigenvalue weighted by molar-refractivity contribution is 5.80. The lowest BCUT2D eigenvalue weighted by Crippen LogP contribution is -2.51. The highest BCUT2D eigenvalue weighted by atomic mass is 19.1. The van der Waals surface area contributed by atoms with E-state index in [0.717, 1.165) is 12.3 Å². The summed E-state index contributed by atoms with van der Waals surface area (Å²) in [5.41, 5.74) is 0.601. The van der Waals surface area contributed by atoms with Gasteiger partial charge in [0.25, 0.3) is 0 Å². The Morgan fingerprint density at radius 2 is 2.12 bits per heavy atom. The third-order valence-electron chi connectivity index (χ3n) is 6.12. The van der Waals surface area contributed by atoms with Crippen LogP contribution in [0.1, 0.15) is 37.5 Å². The molecule has 2 saturated carbocycles. The van der Waals surface area contributed by atoms with Gasteiger partial charge in [0.1, 0.15) is 5.82 Å². The van der Waals surface area contributed by atoms with Gasteiger partial charge < -0.3 is 9.42 Å². The highest BCUT2D eigenvalue weighted by Crippen LogP contribution is 2.49. The van der Waals surface area contributed by atoms with E-state index in [1.54, 1.807) is 12.1 Å². The number of hydrogen-bond donors (Lipinski definition) is 0. The zero-order chi connectivity index (χ0) is 17.0. The molecule has 1 saturated heterocycles. The molecule has 5 nitrogen and oxygen atoms in total. The van der Waals surface area contributed by atoms with Crippen LogP contribution in [0.25, 0.3) is 11.4 Å². The van der Waals surface area contributed by atoms with E-state index >= 15 is 0 Å². The molecule has 3 aliphatic rings. The molecule has 0 unspecified atom stereocenters. The van der Waals surface area contributed by atoms with Crippen molar-refractivity contribution in [3.63, 3.8) is 0 Å².